The largest absolute Gasteiger partial charge is 0.338 e. The fourth-order valence-corrected chi connectivity index (χ4v) is 2.43. The number of nitrogens with one attached hydrogen (secondary N) is 1. The maximum absolute atomic E-state index is 16.3. The molecule has 1 aliphatic rings. The molecule has 1 aliphatic heterocycles. The van der Waals surface area contributed by atoms with Gasteiger partial charge in [0.15, 0.2) is 0 Å². The van der Waals surface area contributed by atoms with Crippen LogP contribution < -0.4 is 5.32 Å². The molecule has 1 amide bonds. The van der Waals surface area contributed by atoms with E-state index in [-0.39, 0.29) is 11.1 Å². The van der Waals surface area contributed by atoms with Gasteiger partial charge in [0.1, 0.15) is 17.3 Å². The molecule has 1 aromatic heterocycles. The van der Waals surface area contributed by atoms with Crippen LogP contribution in [-0.4, -0.2) is 46.0 Å². The van der Waals surface area contributed by atoms with Crippen LogP contribution in [0, 0.1) is 5.82 Å². The molecule has 0 aliphatic carbocycles. The standard InChI is InChI=1S/C20H23ClF2N4O/c1-2-14-10-25-18(26-11-14)12-24-13-20(23)5-7-27(8-6-20)19(28)15-3-4-17(22)16(21)9-15/h3-4,9-11,24H,2,5-8,12-13H2,1H3/i2D2,5D2,8D2,12D2,13D2. The van der Waals surface area contributed by atoms with Gasteiger partial charge in [0.05, 0.1) is 14.3 Å². The maximum atomic E-state index is 16.3. The van der Waals surface area contributed by atoms with Crippen molar-refractivity contribution in [3.8, 4) is 0 Å². The summed E-state index contributed by atoms with van der Waals surface area (Å²) in [5.74, 6) is -2.71. The number of amides is 1. The van der Waals surface area contributed by atoms with E-state index in [9.17, 15) is 9.18 Å². The average molecular weight is 419 g/mol. The zero-order chi connectivity index (χ0) is 29.1. The van der Waals surface area contributed by atoms with Crippen molar-refractivity contribution in [1.82, 2.24) is 20.2 Å². The SMILES string of the molecule is [2H]C([2H])(C)c1cnc(C([2H])([2H])NC([2H])([2H])C2(F)CC([2H])([2H])N(C(=O)c3ccc(F)c(Cl)c3)CC2([2H])[2H])nc1. The number of carbonyl (C=O) groups is 1. The van der Waals surface area contributed by atoms with Crippen LogP contribution in [0.25, 0.3) is 0 Å². The third-order valence-electron chi connectivity index (χ3n) is 3.82. The molecule has 0 radical (unpaired) electrons. The first kappa shape index (κ1) is 11.2. The lowest BCUT2D eigenvalue weighted by Crippen LogP contribution is -2.48. The van der Waals surface area contributed by atoms with Crippen molar-refractivity contribution in [3.05, 3.63) is 58.4 Å². The lowest BCUT2D eigenvalue weighted by molar-refractivity contribution is 0.0434. The molecule has 2 heterocycles. The van der Waals surface area contributed by atoms with Gasteiger partial charge >= 0.3 is 0 Å². The van der Waals surface area contributed by atoms with Crippen molar-refractivity contribution < 1.29 is 27.3 Å². The minimum Gasteiger partial charge on any atom is -0.338 e. The number of nitrogens with zero attached hydrogens (tertiary/aromatic N) is 3. The van der Waals surface area contributed by atoms with Crippen LogP contribution in [0.1, 0.15) is 55.2 Å². The molecule has 1 atom stereocenters. The summed E-state index contributed by atoms with van der Waals surface area (Å²) in [6.45, 7) is -9.62. The molecule has 0 spiro atoms. The summed E-state index contributed by atoms with van der Waals surface area (Å²) in [6.07, 6.45) is -4.73. The zero-order valence-electron chi connectivity index (χ0n) is 24.7. The van der Waals surface area contributed by atoms with Gasteiger partial charge in [-0.05, 0) is 30.1 Å². The van der Waals surface area contributed by atoms with Crippen LogP contribution in [0.2, 0.25) is 5.02 Å². The molecule has 5 nitrogen and oxygen atoms in total. The topological polar surface area (TPSA) is 58.1 Å². The minimum absolute atomic E-state index is 0.00830. The Bertz CT molecular complexity index is 1230. The minimum atomic E-state index is -3.73. The summed E-state index contributed by atoms with van der Waals surface area (Å²) in [5, 5.41) is 1.25. The molecular weight excluding hydrogens is 386 g/mol. The summed E-state index contributed by atoms with van der Waals surface area (Å²) in [5.41, 5.74) is -4.04. The number of likely N-dealkylation sites (tertiary alicyclic amines) is 1. The predicted octanol–water partition coefficient (Wildman–Crippen LogP) is 3.57. The van der Waals surface area contributed by atoms with E-state index in [1.54, 1.807) is 5.32 Å². The molecule has 1 unspecified atom stereocenters. The number of hydrogen-bond donors (Lipinski definition) is 1. The van der Waals surface area contributed by atoms with Crippen molar-refractivity contribution >= 4 is 17.5 Å². The molecule has 3 rings (SSSR count). The number of benzene rings is 1. The van der Waals surface area contributed by atoms with Crippen LogP contribution in [0.15, 0.2) is 30.6 Å². The summed E-state index contributed by atoms with van der Waals surface area (Å²) in [4.78, 5) is 20.6. The fourth-order valence-electron chi connectivity index (χ4n) is 2.25. The summed E-state index contributed by atoms with van der Waals surface area (Å²) in [6, 6.07) is 2.72. The Labute approximate surface area is 182 Å². The molecule has 0 bridgehead atoms. The van der Waals surface area contributed by atoms with Crippen molar-refractivity contribution in [2.75, 3.05) is 19.5 Å². The van der Waals surface area contributed by atoms with Crippen LogP contribution in [0.4, 0.5) is 8.78 Å². The van der Waals surface area contributed by atoms with E-state index in [0.29, 0.717) is 4.90 Å². The second-order valence-electron chi connectivity index (χ2n) is 5.75. The van der Waals surface area contributed by atoms with E-state index in [0.717, 1.165) is 30.6 Å². The van der Waals surface area contributed by atoms with Gasteiger partial charge in [0, 0.05) is 61.3 Å². The lowest BCUT2D eigenvalue weighted by Gasteiger charge is -2.36. The highest BCUT2D eigenvalue weighted by molar-refractivity contribution is 6.31. The number of halogens is 3. The Morgan fingerprint density at radius 3 is 2.89 bits per heavy atom. The van der Waals surface area contributed by atoms with E-state index < -0.39 is 73.4 Å². The molecule has 0 saturated carbocycles. The van der Waals surface area contributed by atoms with E-state index >= 15 is 4.39 Å². The van der Waals surface area contributed by atoms with Crippen molar-refractivity contribution in [2.45, 2.75) is 38.3 Å². The Morgan fingerprint density at radius 1 is 1.46 bits per heavy atom. The molecule has 8 heteroatoms. The van der Waals surface area contributed by atoms with Gasteiger partial charge in [-0.15, -0.1) is 0 Å². The molecule has 1 aromatic carbocycles. The first-order valence-corrected chi connectivity index (χ1v) is 8.50. The van der Waals surface area contributed by atoms with E-state index in [1.807, 2.05) is 0 Å². The maximum Gasteiger partial charge on any atom is 0.253 e. The quantitative estimate of drug-likeness (QED) is 0.779. The van der Waals surface area contributed by atoms with Gasteiger partial charge in [0.2, 0.25) is 0 Å². The molecule has 2 aromatic rings. The molecular formula is C20H23ClF2N4O. The highest BCUT2D eigenvalue weighted by Gasteiger charge is 2.36. The first-order valence-electron chi connectivity index (χ1n) is 13.1. The monoisotopic (exact) mass is 418 g/mol. The Morgan fingerprint density at radius 2 is 2.21 bits per heavy atom. The predicted molar refractivity (Wildman–Crippen MR) is 104 cm³/mol. The van der Waals surface area contributed by atoms with Gasteiger partial charge in [0.25, 0.3) is 5.91 Å². The summed E-state index contributed by atoms with van der Waals surface area (Å²) >= 11 is 5.68. The number of piperidine rings is 1. The molecule has 1 N–H and O–H groups in total. The second kappa shape index (κ2) is 8.92. The van der Waals surface area contributed by atoms with Crippen LogP contribution in [-0.2, 0) is 12.9 Å². The highest BCUT2D eigenvalue weighted by Crippen LogP contribution is 2.27. The van der Waals surface area contributed by atoms with Gasteiger partial charge in [-0.3, -0.25) is 4.79 Å². The Kier molecular flexibility index (Phi) is 3.56. The van der Waals surface area contributed by atoms with E-state index in [1.165, 1.54) is 6.92 Å². The number of hydrogen-bond acceptors (Lipinski definition) is 4. The van der Waals surface area contributed by atoms with E-state index in [4.69, 9.17) is 25.3 Å². The summed E-state index contributed by atoms with van der Waals surface area (Å²) in [7, 11) is 0. The van der Waals surface area contributed by atoms with Crippen molar-refractivity contribution in [1.29, 1.82) is 0 Å². The Balaban J connectivity index is 1.92. The highest BCUT2D eigenvalue weighted by atomic mass is 35.5. The number of alkyl halides is 1. The third-order valence-corrected chi connectivity index (χ3v) is 4.11. The fraction of sp³-hybridized carbons (Fsp3) is 0.450. The van der Waals surface area contributed by atoms with Crippen molar-refractivity contribution in [3.63, 3.8) is 0 Å². The van der Waals surface area contributed by atoms with Crippen molar-refractivity contribution in [2.24, 2.45) is 0 Å². The number of rotatable bonds is 6. The van der Waals surface area contributed by atoms with Gasteiger partial charge in [-0.1, -0.05) is 18.5 Å². The molecule has 28 heavy (non-hydrogen) atoms. The second-order valence-corrected chi connectivity index (χ2v) is 6.16. The van der Waals surface area contributed by atoms with Crippen LogP contribution in [0.3, 0.4) is 0 Å². The normalized spacial score (nSPS) is 30.1. The average Bonchev–Trinajstić information content (AvgIpc) is 2.76. The third kappa shape index (κ3) is 5.02. The number of carbonyl (C=O) groups excluding carboxylic acids is 1. The summed E-state index contributed by atoms with van der Waals surface area (Å²) < 4.78 is 111. The van der Waals surface area contributed by atoms with Gasteiger partial charge in [-0.25, -0.2) is 18.7 Å². The van der Waals surface area contributed by atoms with Gasteiger partial charge < -0.3 is 10.2 Å². The Hall–Kier alpha value is -2.12. The molecule has 1 fully saturated rings. The number of aromatic nitrogens is 2. The first-order chi connectivity index (χ1) is 17.0. The van der Waals surface area contributed by atoms with E-state index in [2.05, 4.69) is 9.97 Å². The van der Waals surface area contributed by atoms with Crippen LogP contribution in [0.5, 0.6) is 0 Å². The lowest BCUT2D eigenvalue weighted by atomic mass is 9.92. The zero-order valence-corrected chi connectivity index (χ0v) is 15.4. The number of aryl methyl sites for hydroxylation is 1. The van der Waals surface area contributed by atoms with Gasteiger partial charge in [-0.2, -0.15) is 0 Å². The smallest absolute Gasteiger partial charge is 0.253 e. The van der Waals surface area contributed by atoms with Crippen LogP contribution >= 0.6 is 11.6 Å². The molecule has 1 saturated heterocycles. The molecule has 150 valence electrons.